The van der Waals surface area contributed by atoms with Crippen LogP contribution in [-0.2, 0) is 11.3 Å². The Morgan fingerprint density at radius 1 is 1.35 bits per heavy atom. The van der Waals surface area contributed by atoms with Crippen LogP contribution in [0, 0.1) is 6.92 Å². The number of imidazole rings is 1. The summed E-state index contributed by atoms with van der Waals surface area (Å²) in [7, 11) is 0. The molecule has 0 bridgehead atoms. The Morgan fingerprint density at radius 3 is 2.75 bits per heavy atom. The van der Waals surface area contributed by atoms with Crippen LogP contribution in [0.25, 0.3) is 0 Å². The molecule has 0 radical (unpaired) electrons. The fourth-order valence-electron chi connectivity index (χ4n) is 1.81. The van der Waals surface area contributed by atoms with Crippen LogP contribution in [0.5, 0.6) is 0 Å². The minimum atomic E-state index is -0.236. The summed E-state index contributed by atoms with van der Waals surface area (Å²) in [5, 5.41) is 6.08. The van der Waals surface area contributed by atoms with E-state index in [2.05, 4.69) is 15.6 Å². The zero-order chi connectivity index (χ0) is 14.4. The molecule has 2 aromatic rings. The van der Waals surface area contributed by atoms with E-state index >= 15 is 0 Å². The van der Waals surface area contributed by atoms with E-state index in [1.807, 2.05) is 48.9 Å². The number of rotatable bonds is 6. The van der Waals surface area contributed by atoms with Crippen LogP contribution in [0.4, 0.5) is 5.69 Å². The molecule has 1 aromatic carbocycles. The number of hydrogen-bond acceptors (Lipinski definition) is 3. The fraction of sp³-hybridized carbons (Fsp3) is 0.333. The van der Waals surface area contributed by atoms with Crippen molar-refractivity contribution in [3.8, 4) is 0 Å². The molecule has 20 heavy (non-hydrogen) atoms. The number of nitrogens with one attached hydrogen (secondary N) is 2. The maximum atomic E-state index is 12.0. The highest BCUT2D eigenvalue weighted by molar-refractivity contribution is 5.94. The Bertz CT molecular complexity index is 534. The molecule has 0 fully saturated rings. The number of amides is 1. The van der Waals surface area contributed by atoms with E-state index in [1.54, 1.807) is 12.5 Å². The monoisotopic (exact) mass is 272 g/mol. The maximum Gasteiger partial charge on any atom is 0.241 e. The van der Waals surface area contributed by atoms with Crippen molar-refractivity contribution >= 4 is 11.6 Å². The molecule has 1 aromatic heterocycles. The van der Waals surface area contributed by atoms with E-state index in [9.17, 15) is 4.79 Å². The molecule has 0 saturated heterocycles. The third kappa shape index (κ3) is 4.20. The minimum absolute atomic E-state index is 0.0283. The number of benzene rings is 1. The standard InChI is InChI=1S/C15H20N4O/c1-12-3-5-14(6-4-12)18-15(20)13(2)17-8-10-19-9-7-16-11-19/h3-7,9,11,13,17H,8,10H2,1-2H3,(H,18,20). The van der Waals surface area contributed by atoms with E-state index in [0.29, 0.717) is 0 Å². The smallest absolute Gasteiger partial charge is 0.241 e. The summed E-state index contributed by atoms with van der Waals surface area (Å²) in [5.74, 6) is -0.0283. The number of anilines is 1. The normalized spacial score (nSPS) is 12.1. The predicted octanol–water partition coefficient (Wildman–Crippen LogP) is 1.81. The van der Waals surface area contributed by atoms with Crippen molar-refractivity contribution in [1.82, 2.24) is 14.9 Å². The molecule has 5 heteroatoms. The molecular weight excluding hydrogens is 252 g/mol. The minimum Gasteiger partial charge on any atom is -0.336 e. The SMILES string of the molecule is Cc1ccc(NC(=O)C(C)NCCn2ccnc2)cc1. The lowest BCUT2D eigenvalue weighted by Crippen LogP contribution is -2.39. The highest BCUT2D eigenvalue weighted by Gasteiger charge is 2.11. The zero-order valence-electron chi connectivity index (χ0n) is 11.8. The Balaban J connectivity index is 1.75. The molecule has 5 nitrogen and oxygen atoms in total. The Hall–Kier alpha value is -2.14. The second-order valence-corrected chi connectivity index (χ2v) is 4.83. The predicted molar refractivity (Wildman–Crippen MR) is 79.5 cm³/mol. The molecule has 0 aliphatic rings. The number of aromatic nitrogens is 2. The molecule has 2 N–H and O–H groups in total. The number of nitrogens with zero attached hydrogens (tertiary/aromatic N) is 2. The molecule has 0 aliphatic carbocycles. The quantitative estimate of drug-likeness (QED) is 0.843. The van der Waals surface area contributed by atoms with Crippen molar-refractivity contribution in [1.29, 1.82) is 0 Å². The summed E-state index contributed by atoms with van der Waals surface area (Å²) in [6.07, 6.45) is 5.41. The van der Waals surface area contributed by atoms with E-state index in [1.165, 1.54) is 5.56 Å². The van der Waals surface area contributed by atoms with Crippen LogP contribution in [0.2, 0.25) is 0 Å². The van der Waals surface area contributed by atoms with Gasteiger partial charge in [0.25, 0.3) is 0 Å². The molecule has 0 spiro atoms. The van der Waals surface area contributed by atoms with Gasteiger partial charge in [-0.2, -0.15) is 0 Å². The number of hydrogen-bond donors (Lipinski definition) is 2. The van der Waals surface area contributed by atoms with E-state index in [-0.39, 0.29) is 11.9 Å². The summed E-state index contributed by atoms with van der Waals surface area (Å²) < 4.78 is 1.97. The lowest BCUT2D eigenvalue weighted by Gasteiger charge is -2.14. The van der Waals surface area contributed by atoms with Crippen LogP contribution in [0.15, 0.2) is 43.0 Å². The van der Waals surface area contributed by atoms with Gasteiger partial charge in [0.05, 0.1) is 12.4 Å². The fourth-order valence-corrected chi connectivity index (χ4v) is 1.81. The van der Waals surface area contributed by atoms with Gasteiger partial charge in [0, 0.05) is 31.2 Å². The van der Waals surface area contributed by atoms with Crippen molar-refractivity contribution in [2.45, 2.75) is 26.4 Å². The second kappa shape index (κ2) is 6.86. The first-order chi connectivity index (χ1) is 9.65. The first kappa shape index (κ1) is 14.3. The van der Waals surface area contributed by atoms with Crippen molar-refractivity contribution < 1.29 is 4.79 Å². The summed E-state index contributed by atoms with van der Waals surface area (Å²) in [5.41, 5.74) is 2.00. The van der Waals surface area contributed by atoms with Gasteiger partial charge in [-0.15, -0.1) is 0 Å². The molecule has 106 valence electrons. The first-order valence-electron chi connectivity index (χ1n) is 6.72. The maximum absolute atomic E-state index is 12.0. The Labute approximate surface area is 119 Å². The Morgan fingerprint density at radius 2 is 2.10 bits per heavy atom. The van der Waals surface area contributed by atoms with Gasteiger partial charge < -0.3 is 15.2 Å². The molecule has 1 heterocycles. The van der Waals surface area contributed by atoms with Crippen LogP contribution in [0.1, 0.15) is 12.5 Å². The highest BCUT2D eigenvalue weighted by Crippen LogP contribution is 2.08. The van der Waals surface area contributed by atoms with Crippen molar-refractivity contribution in [2.24, 2.45) is 0 Å². The van der Waals surface area contributed by atoms with E-state index < -0.39 is 0 Å². The van der Waals surface area contributed by atoms with Gasteiger partial charge in [-0.25, -0.2) is 4.98 Å². The average molecular weight is 272 g/mol. The van der Waals surface area contributed by atoms with Gasteiger partial charge in [-0.05, 0) is 26.0 Å². The van der Waals surface area contributed by atoms with Gasteiger partial charge in [0.1, 0.15) is 0 Å². The Kier molecular flexibility index (Phi) is 4.90. The number of carbonyl (C=O) groups is 1. The van der Waals surface area contributed by atoms with Gasteiger partial charge in [0.15, 0.2) is 0 Å². The van der Waals surface area contributed by atoms with Crippen LogP contribution < -0.4 is 10.6 Å². The second-order valence-electron chi connectivity index (χ2n) is 4.83. The van der Waals surface area contributed by atoms with Crippen LogP contribution in [-0.4, -0.2) is 28.0 Å². The molecular formula is C15H20N4O. The summed E-state index contributed by atoms with van der Waals surface area (Å²) in [4.78, 5) is 16.0. The zero-order valence-corrected chi connectivity index (χ0v) is 11.8. The molecule has 0 aliphatic heterocycles. The molecule has 1 atom stereocenters. The molecule has 2 rings (SSSR count). The van der Waals surface area contributed by atoms with E-state index in [0.717, 1.165) is 18.8 Å². The van der Waals surface area contributed by atoms with Crippen molar-refractivity contribution in [2.75, 3.05) is 11.9 Å². The average Bonchev–Trinajstić information content (AvgIpc) is 2.94. The lowest BCUT2D eigenvalue weighted by molar-refractivity contribution is -0.117. The van der Waals surface area contributed by atoms with Gasteiger partial charge in [-0.3, -0.25) is 4.79 Å². The lowest BCUT2D eigenvalue weighted by atomic mass is 10.2. The van der Waals surface area contributed by atoms with Gasteiger partial charge in [0.2, 0.25) is 5.91 Å². The molecule has 1 unspecified atom stereocenters. The van der Waals surface area contributed by atoms with E-state index in [4.69, 9.17) is 0 Å². The third-order valence-corrected chi connectivity index (χ3v) is 3.09. The van der Waals surface area contributed by atoms with Gasteiger partial charge >= 0.3 is 0 Å². The number of carbonyl (C=O) groups excluding carboxylic acids is 1. The molecule has 1 amide bonds. The number of aryl methyl sites for hydroxylation is 1. The third-order valence-electron chi connectivity index (χ3n) is 3.09. The van der Waals surface area contributed by atoms with Crippen molar-refractivity contribution in [3.63, 3.8) is 0 Å². The first-order valence-corrected chi connectivity index (χ1v) is 6.72. The summed E-state index contributed by atoms with van der Waals surface area (Å²) in [6, 6.07) is 7.54. The highest BCUT2D eigenvalue weighted by atomic mass is 16.2. The topological polar surface area (TPSA) is 59.0 Å². The van der Waals surface area contributed by atoms with Gasteiger partial charge in [-0.1, -0.05) is 17.7 Å². The van der Waals surface area contributed by atoms with Crippen molar-refractivity contribution in [3.05, 3.63) is 48.5 Å². The summed E-state index contributed by atoms with van der Waals surface area (Å²) >= 11 is 0. The van der Waals surface area contributed by atoms with Crippen LogP contribution >= 0.6 is 0 Å². The van der Waals surface area contributed by atoms with Crippen LogP contribution in [0.3, 0.4) is 0 Å². The molecule has 0 saturated carbocycles. The summed E-state index contributed by atoms with van der Waals surface area (Å²) in [6.45, 7) is 5.39. The largest absolute Gasteiger partial charge is 0.336 e.